The largest absolute Gasteiger partial charge is 0.350 e. The number of nitrogens with one attached hydrogen (secondary N) is 1. The lowest BCUT2D eigenvalue weighted by Gasteiger charge is -2.05. The van der Waals surface area contributed by atoms with Gasteiger partial charge in [0.25, 0.3) is 0 Å². The Labute approximate surface area is 108 Å². The van der Waals surface area contributed by atoms with Crippen LogP contribution >= 0.6 is 23.2 Å². The molecule has 0 amide bonds. The molecule has 2 rings (SSSR count). The predicted octanol–water partition coefficient (Wildman–Crippen LogP) is 3.53. The van der Waals surface area contributed by atoms with Crippen LogP contribution in [0.1, 0.15) is 5.56 Å². The predicted molar refractivity (Wildman–Crippen MR) is 65.8 cm³/mol. The molecule has 1 N–H and O–H groups in total. The first-order valence-corrected chi connectivity index (χ1v) is 5.56. The number of nitrogens with zero attached hydrogens (tertiary/aromatic N) is 2. The van der Waals surface area contributed by atoms with E-state index in [0.29, 0.717) is 17.5 Å². The lowest BCUT2D eigenvalue weighted by Crippen LogP contribution is -2.03. The molecule has 0 aliphatic carbocycles. The van der Waals surface area contributed by atoms with Gasteiger partial charge in [-0.05, 0) is 17.7 Å². The third kappa shape index (κ3) is 3.28. The minimum atomic E-state index is -0.432. The molecule has 0 unspecified atom stereocenters. The molecule has 1 heterocycles. The van der Waals surface area contributed by atoms with E-state index in [0.717, 1.165) is 5.56 Å². The van der Waals surface area contributed by atoms with Gasteiger partial charge in [-0.3, -0.25) is 0 Å². The average molecular weight is 272 g/mol. The van der Waals surface area contributed by atoms with Gasteiger partial charge in [0.2, 0.25) is 5.95 Å². The van der Waals surface area contributed by atoms with Gasteiger partial charge in [-0.2, -0.15) is 0 Å². The summed E-state index contributed by atoms with van der Waals surface area (Å²) in [7, 11) is 0. The van der Waals surface area contributed by atoms with Crippen molar-refractivity contribution in [2.45, 2.75) is 6.54 Å². The first kappa shape index (κ1) is 12.1. The van der Waals surface area contributed by atoms with Crippen molar-refractivity contribution in [3.05, 3.63) is 52.0 Å². The summed E-state index contributed by atoms with van der Waals surface area (Å²) < 4.78 is 12.9. The van der Waals surface area contributed by atoms with Gasteiger partial charge >= 0.3 is 0 Å². The molecule has 0 atom stereocenters. The lowest BCUT2D eigenvalue weighted by molar-refractivity contribution is 0.627. The summed E-state index contributed by atoms with van der Waals surface area (Å²) in [4.78, 5) is 7.94. The molecule has 0 radical (unpaired) electrons. The van der Waals surface area contributed by atoms with Crippen molar-refractivity contribution in [3.63, 3.8) is 0 Å². The van der Waals surface area contributed by atoms with E-state index in [9.17, 15) is 4.39 Å². The topological polar surface area (TPSA) is 37.8 Å². The number of anilines is 1. The highest BCUT2D eigenvalue weighted by Gasteiger charge is 2.01. The normalized spacial score (nSPS) is 10.3. The molecule has 17 heavy (non-hydrogen) atoms. The second kappa shape index (κ2) is 5.29. The maximum absolute atomic E-state index is 12.9. The van der Waals surface area contributed by atoms with E-state index >= 15 is 0 Å². The number of rotatable bonds is 3. The highest BCUT2D eigenvalue weighted by atomic mass is 35.5. The third-order valence-electron chi connectivity index (χ3n) is 2.05. The van der Waals surface area contributed by atoms with Crippen LogP contribution in [0, 0.1) is 5.82 Å². The maximum Gasteiger partial charge on any atom is 0.222 e. The van der Waals surface area contributed by atoms with Crippen molar-refractivity contribution in [2.24, 2.45) is 0 Å². The van der Waals surface area contributed by atoms with E-state index in [2.05, 4.69) is 15.3 Å². The van der Waals surface area contributed by atoms with Crippen LogP contribution in [0.4, 0.5) is 10.3 Å². The smallest absolute Gasteiger partial charge is 0.222 e. The molecule has 0 aliphatic heterocycles. The Morgan fingerprint density at radius 2 is 1.88 bits per heavy atom. The first-order valence-electron chi connectivity index (χ1n) is 4.80. The Morgan fingerprint density at radius 1 is 1.18 bits per heavy atom. The number of halogens is 3. The number of benzene rings is 1. The summed E-state index contributed by atoms with van der Waals surface area (Å²) in [5, 5.41) is 3.54. The van der Waals surface area contributed by atoms with Crippen molar-refractivity contribution in [3.8, 4) is 0 Å². The monoisotopic (exact) mass is 271 g/mol. The zero-order valence-electron chi connectivity index (χ0n) is 8.62. The van der Waals surface area contributed by atoms with Crippen molar-refractivity contribution < 1.29 is 4.39 Å². The molecule has 0 fully saturated rings. The van der Waals surface area contributed by atoms with Gasteiger partial charge in [-0.25, -0.2) is 14.4 Å². The van der Waals surface area contributed by atoms with Gasteiger partial charge < -0.3 is 5.32 Å². The van der Waals surface area contributed by atoms with E-state index < -0.39 is 5.82 Å². The van der Waals surface area contributed by atoms with E-state index in [-0.39, 0.29) is 5.02 Å². The Balaban J connectivity index is 2.02. The summed E-state index contributed by atoms with van der Waals surface area (Å²) in [5.41, 5.74) is 0.843. The van der Waals surface area contributed by atoms with Crippen molar-refractivity contribution in [1.29, 1.82) is 0 Å². The average Bonchev–Trinajstić information content (AvgIpc) is 2.33. The Kier molecular flexibility index (Phi) is 3.76. The Hall–Kier alpha value is -1.39. The molecule has 6 heteroatoms. The molecule has 3 nitrogen and oxygen atoms in total. The standard InChI is InChI=1S/C11H8Cl2FN3/c12-8-5-16-11(17-6-8)15-4-7-1-2-10(14)9(13)3-7/h1-3,5-6H,4H2,(H,15,16,17). The maximum atomic E-state index is 12.9. The molecular formula is C11H8Cl2FN3. The fraction of sp³-hybridized carbons (Fsp3) is 0.0909. The second-order valence-corrected chi connectivity index (χ2v) is 4.17. The summed E-state index contributed by atoms with van der Waals surface area (Å²) in [5.74, 6) is 0.0213. The SMILES string of the molecule is Fc1ccc(CNc2ncc(Cl)cn2)cc1Cl. The Morgan fingerprint density at radius 3 is 2.53 bits per heavy atom. The molecule has 88 valence electrons. The molecule has 2 aromatic rings. The number of hydrogen-bond donors (Lipinski definition) is 1. The summed E-state index contributed by atoms with van der Waals surface area (Å²) in [6.45, 7) is 0.460. The van der Waals surface area contributed by atoms with Crippen molar-refractivity contribution >= 4 is 29.2 Å². The molecule has 0 bridgehead atoms. The van der Waals surface area contributed by atoms with Gasteiger partial charge in [-0.1, -0.05) is 29.3 Å². The third-order valence-corrected chi connectivity index (χ3v) is 2.54. The summed E-state index contributed by atoms with van der Waals surface area (Å²) in [6, 6.07) is 4.52. The molecule has 0 saturated heterocycles. The van der Waals surface area contributed by atoms with Gasteiger partial charge in [-0.15, -0.1) is 0 Å². The van der Waals surface area contributed by atoms with Gasteiger partial charge in [0.1, 0.15) is 5.82 Å². The molecule has 0 spiro atoms. The second-order valence-electron chi connectivity index (χ2n) is 3.33. The van der Waals surface area contributed by atoms with Crippen LogP contribution in [0.3, 0.4) is 0 Å². The van der Waals surface area contributed by atoms with Crippen LogP contribution in [0.25, 0.3) is 0 Å². The minimum Gasteiger partial charge on any atom is -0.350 e. The summed E-state index contributed by atoms with van der Waals surface area (Å²) >= 11 is 11.3. The van der Waals surface area contributed by atoms with E-state index in [1.807, 2.05) is 0 Å². The highest BCUT2D eigenvalue weighted by molar-refractivity contribution is 6.30. The van der Waals surface area contributed by atoms with E-state index in [1.165, 1.54) is 18.5 Å². The highest BCUT2D eigenvalue weighted by Crippen LogP contribution is 2.16. The van der Waals surface area contributed by atoms with Crippen LogP contribution in [-0.4, -0.2) is 9.97 Å². The quantitative estimate of drug-likeness (QED) is 0.928. The molecule has 0 aliphatic rings. The van der Waals surface area contributed by atoms with Crippen LogP contribution < -0.4 is 5.32 Å². The fourth-order valence-corrected chi connectivity index (χ4v) is 1.54. The Bertz CT molecular complexity index is 517. The van der Waals surface area contributed by atoms with E-state index in [4.69, 9.17) is 23.2 Å². The van der Waals surface area contributed by atoms with Crippen LogP contribution in [-0.2, 0) is 6.54 Å². The molecule has 0 saturated carbocycles. The lowest BCUT2D eigenvalue weighted by atomic mass is 10.2. The zero-order chi connectivity index (χ0) is 12.3. The molecular weight excluding hydrogens is 264 g/mol. The molecule has 1 aromatic heterocycles. The van der Waals surface area contributed by atoms with Crippen LogP contribution in [0.2, 0.25) is 10.0 Å². The minimum absolute atomic E-state index is 0.0984. The van der Waals surface area contributed by atoms with Gasteiger partial charge in [0.15, 0.2) is 0 Å². The van der Waals surface area contributed by atoms with E-state index in [1.54, 1.807) is 12.1 Å². The number of aromatic nitrogens is 2. The van der Waals surface area contributed by atoms with Gasteiger partial charge in [0, 0.05) is 6.54 Å². The van der Waals surface area contributed by atoms with Crippen LogP contribution in [0.15, 0.2) is 30.6 Å². The van der Waals surface area contributed by atoms with Gasteiger partial charge in [0.05, 0.1) is 22.4 Å². The van der Waals surface area contributed by atoms with Crippen molar-refractivity contribution in [2.75, 3.05) is 5.32 Å². The fourth-order valence-electron chi connectivity index (χ4n) is 1.23. The number of hydrogen-bond acceptors (Lipinski definition) is 3. The zero-order valence-corrected chi connectivity index (χ0v) is 10.1. The first-order chi connectivity index (χ1) is 8.15. The van der Waals surface area contributed by atoms with Crippen LogP contribution in [0.5, 0.6) is 0 Å². The summed E-state index contributed by atoms with van der Waals surface area (Å²) in [6.07, 6.45) is 2.99. The molecule has 1 aromatic carbocycles. The van der Waals surface area contributed by atoms with Crippen molar-refractivity contribution in [1.82, 2.24) is 9.97 Å².